The Bertz CT molecular complexity index is 610. The second kappa shape index (κ2) is 7.02. The quantitative estimate of drug-likeness (QED) is 0.850. The molecule has 0 aromatic heterocycles. The Morgan fingerprint density at radius 3 is 2.57 bits per heavy atom. The third-order valence-electron chi connectivity index (χ3n) is 3.48. The highest BCUT2D eigenvalue weighted by Crippen LogP contribution is 2.24. The number of anilines is 1. The molecule has 1 atom stereocenters. The molecule has 0 bridgehead atoms. The number of nitrogens with one attached hydrogen (secondary N) is 1. The van der Waals surface area contributed by atoms with Crippen LogP contribution in [0.15, 0.2) is 48.5 Å². The summed E-state index contributed by atoms with van der Waals surface area (Å²) in [4.78, 5) is 12.5. The monoisotopic (exact) mass is 285 g/mol. The molecule has 2 aromatic carbocycles. The van der Waals surface area contributed by atoms with Crippen LogP contribution in [0.2, 0.25) is 0 Å². The van der Waals surface area contributed by atoms with E-state index in [0.29, 0.717) is 0 Å². The van der Waals surface area contributed by atoms with Crippen LogP contribution < -0.4 is 5.32 Å². The lowest BCUT2D eigenvalue weighted by Gasteiger charge is -2.17. The number of benzene rings is 2. The van der Waals surface area contributed by atoms with Crippen molar-refractivity contribution >= 4 is 11.6 Å². The molecule has 110 valence electrons. The van der Waals surface area contributed by atoms with Crippen LogP contribution in [-0.4, -0.2) is 5.91 Å². The lowest BCUT2D eigenvalue weighted by Crippen LogP contribution is -2.21. The predicted molar refractivity (Wildman–Crippen MR) is 83.9 cm³/mol. The van der Waals surface area contributed by atoms with Gasteiger partial charge in [-0.2, -0.15) is 0 Å². The molecule has 0 aliphatic heterocycles. The normalized spacial score (nSPS) is 12.0. The van der Waals surface area contributed by atoms with E-state index in [0.717, 1.165) is 24.0 Å². The number of hydrogen-bond donors (Lipinski definition) is 1. The van der Waals surface area contributed by atoms with E-state index in [2.05, 4.69) is 5.32 Å². The van der Waals surface area contributed by atoms with Gasteiger partial charge in [-0.25, -0.2) is 4.39 Å². The highest BCUT2D eigenvalue weighted by atomic mass is 19.1. The molecule has 0 radical (unpaired) electrons. The predicted octanol–water partition coefficient (Wildman–Crippen LogP) is 4.66. The topological polar surface area (TPSA) is 29.1 Å². The van der Waals surface area contributed by atoms with Crippen LogP contribution in [0, 0.1) is 12.7 Å². The second-order valence-electron chi connectivity index (χ2n) is 5.22. The van der Waals surface area contributed by atoms with Crippen molar-refractivity contribution in [2.45, 2.75) is 32.6 Å². The molecular weight excluding hydrogens is 265 g/mol. The Kier molecular flexibility index (Phi) is 5.09. The zero-order chi connectivity index (χ0) is 15.2. The molecule has 1 amide bonds. The summed E-state index contributed by atoms with van der Waals surface area (Å²) < 4.78 is 13.8. The summed E-state index contributed by atoms with van der Waals surface area (Å²) in [6, 6.07) is 14.3. The van der Waals surface area contributed by atoms with Gasteiger partial charge >= 0.3 is 0 Å². The first kappa shape index (κ1) is 15.2. The van der Waals surface area contributed by atoms with Gasteiger partial charge in [-0.1, -0.05) is 49.7 Å². The zero-order valence-corrected chi connectivity index (χ0v) is 12.4. The molecule has 3 heteroatoms. The van der Waals surface area contributed by atoms with Crippen molar-refractivity contribution < 1.29 is 9.18 Å². The van der Waals surface area contributed by atoms with Gasteiger partial charge < -0.3 is 5.32 Å². The van der Waals surface area contributed by atoms with Gasteiger partial charge in [0.05, 0.1) is 11.6 Å². The molecule has 0 heterocycles. The molecule has 0 aliphatic carbocycles. The highest BCUT2D eigenvalue weighted by molar-refractivity contribution is 5.96. The lowest BCUT2D eigenvalue weighted by atomic mass is 9.93. The van der Waals surface area contributed by atoms with Crippen molar-refractivity contribution in [2.75, 3.05) is 5.32 Å². The Morgan fingerprint density at radius 2 is 1.90 bits per heavy atom. The largest absolute Gasteiger partial charge is 0.323 e. The van der Waals surface area contributed by atoms with Crippen LogP contribution >= 0.6 is 0 Å². The molecule has 0 spiro atoms. The number of aryl methyl sites for hydroxylation is 1. The Labute approximate surface area is 125 Å². The summed E-state index contributed by atoms with van der Waals surface area (Å²) in [6.45, 7) is 3.91. The van der Waals surface area contributed by atoms with Crippen LogP contribution in [0.3, 0.4) is 0 Å². The summed E-state index contributed by atoms with van der Waals surface area (Å²) >= 11 is 0. The molecule has 0 fully saturated rings. The number of hydrogen-bond acceptors (Lipinski definition) is 1. The molecule has 0 aliphatic rings. The Hall–Kier alpha value is -2.16. The van der Waals surface area contributed by atoms with Gasteiger partial charge in [0.25, 0.3) is 0 Å². The average Bonchev–Trinajstić information content (AvgIpc) is 2.49. The SMILES string of the molecule is CCCC(C(=O)Nc1cc(C)ccc1F)c1ccccc1. The third-order valence-corrected chi connectivity index (χ3v) is 3.48. The highest BCUT2D eigenvalue weighted by Gasteiger charge is 2.20. The van der Waals surface area contributed by atoms with Crippen molar-refractivity contribution in [1.82, 2.24) is 0 Å². The molecule has 1 unspecified atom stereocenters. The lowest BCUT2D eigenvalue weighted by molar-refractivity contribution is -0.117. The minimum absolute atomic E-state index is 0.160. The first-order valence-electron chi connectivity index (χ1n) is 7.23. The number of amides is 1. The van der Waals surface area contributed by atoms with Crippen LogP contribution in [0.1, 0.15) is 36.8 Å². The summed E-state index contributed by atoms with van der Waals surface area (Å²) in [6.07, 6.45) is 1.63. The fraction of sp³-hybridized carbons (Fsp3) is 0.278. The summed E-state index contributed by atoms with van der Waals surface area (Å²) in [5.74, 6) is -0.819. The maximum atomic E-state index is 13.8. The van der Waals surface area contributed by atoms with Gasteiger partial charge in [0.2, 0.25) is 5.91 Å². The fourth-order valence-electron chi connectivity index (χ4n) is 2.38. The standard InChI is InChI=1S/C18H20FNO/c1-3-7-15(14-8-5-4-6-9-14)18(21)20-17-12-13(2)10-11-16(17)19/h4-6,8-12,15H,3,7H2,1-2H3,(H,20,21). The first-order valence-corrected chi connectivity index (χ1v) is 7.23. The van der Waals surface area contributed by atoms with Crippen LogP contribution in [0.25, 0.3) is 0 Å². The van der Waals surface area contributed by atoms with Crippen molar-refractivity contribution in [3.63, 3.8) is 0 Å². The molecule has 2 rings (SSSR count). The average molecular weight is 285 g/mol. The number of halogens is 1. The number of rotatable bonds is 5. The van der Waals surface area contributed by atoms with E-state index in [1.54, 1.807) is 12.1 Å². The minimum Gasteiger partial charge on any atom is -0.323 e. The summed E-state index contributed by atoms with van der Waals surface area (Å²) in [7, 11) is 0. The van der Waals surface area contributed by atoms with E-state index < -0.39 is 5.82 Å². The second-order valence-corrected chi connectivity index (χ2v) is 5.22. The molecule has 0 saturated carbocycles. The maximum absolute atomic E-state index is 13.8. The number of carbonyl (C=O) groups excluding carboxylic acids is 1. The van der Waals surface area contributed by atoms with Gasteiger partial charge in [-0.05, 0) is 36.6 Å². The first-order chi connectivity index (χ1) is 10.1. The maximum Gasteiger partial charge on any atom is 0.231 e. The van der Waals surface area contributed by atoms with E-state index in [1.165, 1.54) is 6.07 Å². The minimum atomic E-state index is -0.405. The Morgan fingerprint density at radius 1 is 1.19 bits per heavy atom. The van der Waals surface area contributed by atoms with Gasteiger partial charge in [0.1, 0.15) is 5.82 Å². The van der Waals surface area contributed by atoms with Gasteiger partial charge in [0.15, 0.2) is 0 Å². The molecule has 1 N–H and O–H groups in total. The molecule has 2 nitrogen and oxygen atoms in total. The van der Waals surface area contributed by atoms with Gasteiger partial charge in [0, 0.05) is 0 Å². The van der Waals surface area contributed by atoms with E-state index in [9.17, 15) is 9.18 Å². The molecule has 2 aromatic rings. The van der Waals surface area contributed by atoms with Crippen molar-refractivity contribution in [3.05, 3.63) is 65.5 Å². The summed E-state index contributed by atoms with van der Waals surface area (Å²) in [5, 5.41) is 2.72. The van der Waals surface area contributed by atoms with E-state index in [-0.39, 0.29) is 17.5 Å². The van der Waals surface area contributed by atoms with E-state index in [4.69, 9.17) is 0 Å². The third kappa shape index (κ3) is 3.91. The van der Waals surface area contributed by atoms with Crippen molar-refractivity contribution in [1.29, 1.82) is 0 Å². The van der Waals surface area contributed by atoms with Crippen LogP contribution in [-0.2, 0) is 4.79 Å². The van der Waals surface area contributed by atoms with Gasteiger partial charge in [-0.15, -0.1) is 0 Å². The molecule has 21 heavy (non-hydrogen) atoms. The summed E-state index contributed by atoms with van der Waals surface area (Å²) in [5.41, 5.74) is 2.13. The Balaban J connectivity index is 2.21. The molecular formula is C18H20FNO. The van der Waals surface area contributed by atoms with Crippen LogP contribution in [0.5, 0.6) is 0 Å². The van der Waals surface area contributed by atoms with E-state index in [1.807, 2.05) is 44.2 Å². The van der Waals surface area contributed by atoms with Crippen molar-refractivity contribution in [3.8, 4) is 0 Å². The smallest absolute Gasteiger partial charge is 0.231 e. The molecule has 0 saturated heterocycles. The zero-order valence-electron chi connectivity index (χ0n) is 12.4. The van der Waals surface area contributed by atoms with Crippen molar-refractivity contribution in [2.24, 2.45) is 0 Å². The number of carbonyl (C=O) groups is 1. The van der Waals surface area contributed by atoms with Crippen LogP contribution in [0.4, 0.5) is 10.1 Å². The fourth-order valence-corrected chi connectivity index (χ4v) is 2.38. The van der Waals surface area contributed by atoms with Gasteiger partial charge in [-0.3, -0.25) is 4.79 Å². The van der Waals surface area contributed by atoms with E-state index >= 15 is 0 Å².